The highest BCUT2D eigenvalue weighted by molar-refractivity contribution is 7.88. The van der Waals surface area contributed by atoms with Crippen LogP contribution in [0.4, 0.5) is 0 Å². The number of rotatable bonds is 9. The van der Waals surface area contributed by atoms with Gasteiger partial charge in [-0.3, -0.25) is 0 Å². The van der Waals surface area contributed by atoms with E-state index in [1.54, 1.807) is 4.31 Å². The molecule has 0 spiro atoms. The van der Waals surface area contributed by atoms with Gasteiger partial charge in [-0.05, 0) is 38.8 Å². The van der Waals surface area contributed by atoms with Gasteiger partial charge in [0.2, 0.25) is 10.0 Å². The zero-order chi connectivity index (χ0) is 15.0. The normalized spacial score (nSPS) is 20.1. The molecule has 0 aromatic heterocycles. The van der Waals surface area contributed by atoms with Crippen LogP contribution in [-0.2, 0) is 10.0 Å². The molecular formula is C14H31N3O2S. The molecule has 0 bridgehead atoms. The second-order valence-electron chi connectivity index (χ2n) is 5.71. The molecule has 1 saturated heterocycles. The van der Waals surface area contributed by atoms with Crippen LogP contribution in [0.5, 0.6) is 0 Å². The van der Waals surface area contributed by atoms with Crippen molar-refractivity contribution in [2.45, 2.75) is 45.6 Å². The molecule has 0 radical (unpaired) electrons. The largest absolute Gasteiger partial charge is 0.314 e. The van der Waals surface area contributed by atoms with Crippen molar-refractivity contribution >= 4 is 10.0 Å². The van der Waals surface area contributed by atoms with Crippen LogP contribution in [0.15, 0.2) is 0 Å². The summed E-state index contributed by atoms with van der Waals surface area (Å²) >= 11 is 0. The van der Waals surface area contributed by atoms with Crippen molar-refractivity contribution < 1.29 is 8.42 Å². The van der Waals surface area contributed by atoms with E-state index in [1.165, 1.54) is 31.9 Å². The highest BCUT2D eigenvalue weighted by atomic mass is 32.2. The molecule has 20 heavy (non-hydrogen) atoms. The Labute approximate surface area is 124 Å². The minimum Gasteiger partial charge on any atom is -0.314 e. The fourth-order valence-corrected chi connectivity index (χ4v) is 3.47. The molecule has 0 aromatic carbocycles. The van der Waals surface area contributed by atoms with Gasteiger partial charge in [-0.25, -0.2) is 8.42 Å². The molecule has 0 aromatic rings. The molecule has 0 saturated carbocycles. The molecule has 6 heteroatoms. The van der Waals surface area contributed by atoms with Crippen molar-refractivity contribution in [1.29, 1.82) is 0 Å². The number of hydrogen-bond acceptors (Lipinski definition) is 4. The van der Waals surface area contributed by atoms with Gasteiger partial charge in [-0.15, -0.1) is 0 Å². The summed E-state index contributed by atoms with van der Waals surface area (Å²) in [6.45, 7) is 9.64. The first kappa shape index (κ1) is 17.9. The van der Waals surface area contributed by atoms with E-state index >= 15 is 0 Å². The smallest absolute Gasteiger partial charge is 0.211 e. The van der Waals surface area contributed by atoms with E-state index in [1.807, 2.05) is 0 Å². The first-order chi connectivity index (χ1) is 9.47. The first-order valence-corrected chi connectivity index (χ1v) is 9.73. The van der Waals surface area contributed by atoms with E-state index in [4.69, 9.17) is 0 Å². The van der Waals surface area contributed by atoms with E-state index < -0.39 is 10.0 Å². The Kier molecular flexibility index (Phi) is 8.02. The maximum absolute atomic E-state index is 11.4. The van der Waals surface area contributed by atoms with Crippen LogP contribution in [0.25, 0.3) is 0 Å². The van der Waals surface area contributed by atoms with Crippen LogP contribution < -0.4 is 5.32 Å². The predicted octanol–water partition coefficient (Wildman–Crippen LogP) is 1.12. The lowest BCUT2D eigenvalue weighted by molar-refractivity contribution is 0.184. The van der Waals surface area contributed by atoms with Crippen molar-refractivity contribution in [2.75, 3.05) is 45.5 Å². The van der Waals surface area contributed by atoms with Crippen LogP contribution >= 0.6 is 0 Å². The third-order valence-electron chi connectivity index (χ3n) is 4.00. The summed E-state index contributed by atoms with van der Waals surface area (Å²) in [5, 5.41) is 3.58. The summed E-state index contributed by atoms with van der Waals surface area (Å²) in [5.74, 6) is 0. The molecule has 1 heterocycles. The van der Waals surface area contributed by atoms with Gasteiger partial charge in [-0.2, -0.15) is 4.31 Å². The summed E-state index contributed by atoms with van der Waals surface area (Å²) in [6, 6.07) is 0.632. The van der Waals surface area contributed by atoms with Crippen molar-refractivity contribution in [3.8, 4) is 0 Å². The molecule has 5 nitrogen and oxygen atoms in total. The third kappa shape index (κ3) is 6.52. The van der Waals surface area contributed by atoms with Crippen molar-refractivity contribution in [1.82, 2.24) is 14.5 Å². The van der Waals surface area contributed by atoms with Crippen LogP contribution in [0.1, 0.15) is 39.5 Å². The molecule has 1 fully saturated rings. The monoisotopic (exact) mass is 305 g/mol. The Balaban J connectivity index is 2.18. The quantitative estimate of drug-likeness (QED) is 0.694. The fourth-order valence-electron chi connectivity index (χ4n) is 2.65. The first-order valence-electron chi connectivity index (χ1n) is 7.88. The predicted molar refractivity (Wildman–Crippen MR) is 84.5 cm³/mol. The number of nitrogens with zero attached hydrogens (tertiary/aromatic N) is 2. The van der Waals surface area contributed by atoms with Crippen molar-refractivity contribution in [3.05, 3.63) is 0 Å². The number of sulfonamides is 1. The molecule has 0 aliphatic carbocycles. The molecule has 1 aliphatic rings. The van der Waals surface area contributed by atoms with E-state index in [-0.39, 0.29) is 0 Å². The van der Waals surface area contributed by atoms with Gasteiger partial charge in [-0.1, -0.05) is 13.8 Å². The third-order valence-corrected chi connectivity index (χ3v) is 5.31. The van der Waals surface area contributed by atoms with E-state index in [0.29, 0.717) is 19.1 Å². The minimum atomic E-state index is -3.00. The maximum Gasteiger partial charge on any atom is 0.211 e. The Morgan fingerprint density at radius 3 is 2.30 bits per heavy atom. The average molecular weight is 305 g/mol. The molecule has 1 unspecified atom stereocenters. The van der Waals surface area contributed by atoms with Crippen LogP contribution in [0.3, 0.4) is 0 Å². The van der Waals surface area contributed by atoms with Crippen molar-refractivity contribution in [3.63, 3.8) is 0 Å². The van der Waals surface area contributed by atoms with E-state index in [0.717, 1.165) is 26.2 Å². The Morgan fingerprint density at radius 1 is 1.15 bits per heavy atom. The topological polar surface area (TPSA) is 52.6 Å². The van der Waals surface area contributed by atoms with E-state index in [9.17, 15) is 8.42 Å². The minimum absolute atomic E-state index is 0.632. The van der Waals surface area contributed by atoms with Crippen molar-refractivity contribution in [2.24, 2.45) is 0 Å². The van der Waals surface area contributed by atoms with Gasteiger partial charge in [0, 0.05) is 32.2 Å². The van der Waals surface area contributed by atoms with Gasteiger partial charge in [0.15, 0.2) is 0 Å². The summed E-state index contributed by atoms with van der Waals surface area (Å²) in [4.78, 5) is 2.38. The van der Waals surface area contributed by atoms with E-state index in [2.05, 4.69) is 24.1 Å². The fraction of sp³-hybridized carbons (Fsp3) is 1.00. The summed E-state index contributed by atoms with van der Waals surface area (Å²) in [6.07, 6.45) is 6.07. The molecular weight excluding hydrogens is 274 g/mol. The van der Waals surface area contributed by atoms with Crippen LogP contribution in [0.2, 0.25) is 0 Å². The molecule has 1 rings (SSSR count). The molecule has 1 aliphatic heterocycles. The van der Waals surface area contributed by atoms with Crippen LogP contribution in [0, 0.1) is 0 Å². The highest BCUT2D eigenvalue weighted by Crippen LogP contribution is 2.08. The number of hydrogen-bond donors (Lipinski definition) is 1. The zero-order valence-electron chi connectivity index (χ0n) is 13.3. The summed E-state index contributed by atoms with van der Waals surface area (Å²) < 4.78 is 24.5. The molecule has 120 valence electrons. The van der Waals surface area contributed by atoms with Crippen LogP contribution in [-0.4, -0.2) is 69.2 Å². The lowest BCUT2D eigenvalue weighted by Crippen LogP contribution is -2.48. The Bertz CT molecular complexity index is 351. The Morgan fingerprint density at radius 2 is 1.80 bits per heavy atom. The molecule has 1 N–H and O–H groups in total. The second-order valence-corrected chi connectivity index (χ2v) is 7.69. The SMILES string of the molecule is CCCNC(CC)CCCN1CCN(S(C)(=O)=O)CC1. The standard InChI is InChI=1S/C14H31N3O2S/c1-4-8-15-14(5-2)7-6-9-16-10-12-17(13-11-16)20(3,18)19/h14-15H,4-13H2,1-3H3. The van der Waals surface area contributed by atoms with Gasteiger partial charge >= 0.3 is 0 Å². The highest BCUT2D eigenvalue weighted by Gasteiger charge is 2.22. The second kappa shape index (κ2) is 8.97. The summed E-state index contributed by atoms with van der Waals surface area (Å²) in [7, 11) is -3.00. The van der Waals surface area contributed by atoms with Gasteiger partial charge < -0.3 is 10.2 Å². The number of nitrogens with one attached hydrogen (secondary N) is 1. The molecule has 1 atom stereocenters. The summed E-state index contributed by atoms with van der Waals surface area (Å²) in [5.41, 5.74) is 0. The maximum atomic E-state index is 11.4. The lowest BCUT2D eigenvalue weighted by Gasteiger charge is -2.33. The molecule has 0 amide bonds. The van der Waals surface area contributed by atoms with Gasteiger partial charge in [0.05, 0.1) is 6.26 Å². The average Bonchev–Trinajstić information content (AvgIpc) is 2.42. The van der Waals surface area contributed by atoms with Gasteiger partial charge in [0.25, 0.3) is 0 Å². The number of piperazine rings is 1. The van der Waals surface area contributed by atoms with Gasteiger partial charge in [0.1, 0.15) is 0 Å². The Hall–Kier alpha value is -0.170. The lowest BCUT2D eigenvalue weighted by atomic mass is 10.1. The zero-order valence-corrected chi connectivity index (χ0v) is 14.1.